The molecule has 0 spiro atoms. The molecule has 2 N–H and O–H groups in total. The van der Waals surface area contributed by atoms with Crippen molar-refractivity contribution in [2.45, 2.75) is 37.6 Å². The van der Waals surface area contributed by atoms with Gasteiger partial charge in [-0.05, 0) is 67.7 Å². The van der Waals surface area contributed by atoms with Gasteiger partial charge in [0.25, 0.3) is 0 Å². The number of hydrogen-bond donors (Lipinski definition) is 1. The summed E-state index contributed by atoms with van der Waals surface area (Å²) in [6, 6.07) is 14.2. The molecule has 0 saturated heterocycles. The Morgan fingerprint density at radius 2 is 1.69 bits per heavy atom. The van der Waals surface area contributed by atoms with Crippen molar-refractivity contribution in [2.24, 2.45) is 5.84 Å². The molecule has 32 heavy (non-hydrogen) atoms. The van der Waals surface area contributed by atoms with Gasteiger partial charge in [0, 0.05) is 29.4 Å². The highest BCUT2D eigenvalue weighted by molar-refractivity contribution is 6.30. The van der Waals surface area contributed by atoms with Crippen LogP contribution in [0.25, 0.3) is 23.1 Å². The van der Waals surface area contributed by atoms with E-state index >= 15 is 0 Å². The van der Waals surface area contributed by atoms with Crippen LogP contribution in [0.15, 0.2) is 42.5 Å². The van der Waals surface area contributed by atoms with Crippen molar-refractivity contribution in [2.75, 3.05) is 14.2 Å². The Bertz CT molecular complexity index is 1050. The molecule has 8 heteroatoms. The molecule has 0 amide bonds. The largest absolute Gasteiger partial charge is 0.497 e. The summed E-state index contributed by atoms with van der Waals surface area (Å²) in [6.07, 6.45) is 8.26. The van der Waals surface area contributed by atoms with Crippen LogP contribution in [0.4, 0.5) is 0 Å². The minimum absolute atomic E-state index is 0. The predicted octanol–water partition coefficient (Wildman–Crippen LogP) is 6.14. The highest BCUT2D eigenvalue weighted by Gasteiger charge is 2.26. The highest BCUT2D eigenvalue weighted by atomic mass is 35.5. The summed E-state index contributed by atoms with van der Waals surface area (Å²) in [5.74, 6) is 7.92. The van der Waals surface area contributed by atoms with Gasteiger partial charge in [-0.15, -0.1) is 24.8 Å². The van der Waals surface area contributed by atoms with Crippen LogP contribution >= 0.6 is 36.4 Å². The van der Waals surface area contributed by atoms with Gasteiger partial charge in [-0.2, -0.15) is 0 Å². The zero-order valence-electron chi connectivity index (χ0n) is 18.2. The van der Waals surface area contributed by atoms with E-state index in [9.17, 15) is 0 Å². The summed E-state index contributed by atoms with van der Waals surface area (Å²) >= 11 is 5.99. The number of benzene rings is 2. The van der Waals surface area contributed by atoms with Gasteiger partial charge >= 0.3 is 0 Å². The van der Waals surface area contributed by atoms with E-state index in [1.807, 2.05) is 60.6 Å². The van der Waals surface area contributed by atoms with Crippen molar-refractivity contribution in [3.63, 3.8) is 0 Å². The second-order valence-corrected chi connectivity index (χ2v) is 8.34. The number of fused-ring (bicyclic) bond motifs is 1. The average Bonchev–Trinajstić information content (AvgIpc) is 2.78. The first-order valence-corrected chi connectivity index (χ1v) is 10.7. The molecular formula is C24H29Cl3N4O. The van der Waals surface area contributed by atoms with Crippen LogP contribution < -0.4 is 10.6 Å². The third kappa shape index (κ3) is 6.12. The molecular weight excluding hydrogens is 467 g/mol. The van der Waals surface area contributed by atoms with Crippen LogP contribution in [0.1, 0.15) is 48.7 Å². The first kappa shape index (κ1) is 26.4. The molecule has 172 valence electrons. The Labute approximate surface area is 206 Å². The van der Waals surface area contributed by atoms with Gasteiger partial charge in [0.05, 0.1) is 18.3 Å². The SMILES string of the molecule is COc1ccc2nc(/C=C\c3ccc(Cl)cc3)nc(C3CCC(N(C)N)CC3)c2c1.Cl.Cl. The predicted molar refractivity (Wildman–Crippen MR) is 138 cm³/mol. The summed E-state index contributed by atoms with van der Waals surface area (Å²) in [5, 5.41) is 3.64. The number of rotatable bonds is 5. The smallest absolute Gasteiger partial charge is 0.152 e. The van der Waals surface area contributed by atoms with Gasteiger partial charge < -0.3 is 4.74 Å². The summed E-state index contributed by atoms with van der Waals surface area (Å²) in [5.41, 5.74) is 3.10. The zero-order valence-corrected chi connectivity index (χ0v) is 20.6. The number of hydrazine groups is 1. The van der Waals surface area contributed by atoms with E-state index < -0.39 is 0 Å². The molecule has 1 aliphatic carbocycles. The van der Waals surface area contributed by atoms with Crippen LogP contribution in [0.2, 0.25) is 5.02 Å². The van der Waals surface area contributed by atoms with Crippen LogP contribution in [0, 0.1) is 0 Å². The monoisotopic (exact) mass is 494 g/mol. The van der Waals surface area contributed by atoms with E-state index in [0.717, 1.165) is 64.4 Å². The summed E-state index contributed by atoms with van der Waals surface area (Å²) in [7, 11) is 3.64. The number of ether oxygens (including phenoxy) is 1. The molecule has 0 bridgehead atoms. The van der Waals surface area contributed by atoms with Gasteiger partial charge in [0.2, 0.25) is 0 Å². The van der Waals surface area contributed by atoms with E-state index in [2.05, 4.69) is 6.07 Å². The van der Waals surface area contributed by atoms with Crippen molar-refractivity contribution >= 4 is 59.5 Å². The van der Waals surface area contributed by atoms with Crippen LogP contribution in [-0.2, 0) is 0 Å². The summed E-state index contributed by atoms with van der Waals surface area (Å²) in [6.45, 7) is 0. The number of methoxy groups -OCH3 is 1. The normalized spacial score (nSPS) is 18.4. The fraction of sp³-hybridized carbons (Fsp3) is 0.333. The van der Waals surface area contributed by atoms with E-state index in [-0.39, 0.29) is 24.8 Å². The Morgan fingerprint density at radius 1 is 1.00 bits per heavy atom. The maximum Gasteiger partial charge on any atom is 0.152 e. The Morgan fingerprint density at radius 3 is 2.31 bits per heavy atom. The standard InChI is InChI=1S/C24H27ClN4O.2ClH/c1-29(26)19-10-6-17(7-11-19)24-21-15-20(30-2)12-13-22(21)27-23(28-24)14-5-16-3-8-18(25)9-4-16;;/h3-5,8-9,12-15,17,19H,6-7,10-11,26H2,1-2H3;2*1H/b14-5-;;. The van der Waals surface area contributed by atoms with Crippen LogP contribution in [0.3, 0.4) is 0 Å². The van der Waals surface area contributed by atoms with Gasteiger partial charge in [-0.3, -0.25) is 5.84 Å². The van der Waals surface area contributed by atoms with E-state index in [0.29, 0.717) is 12.0 Å². The molecule has 5 nitrogen and oxygen atoms in total. The third-order valence-electron chi connectivity index (χ3n) is 5.90. The van der Waals surface area contributed by atoms with Crippen molar-refractivity contribution in [1.29, 1.82) is 0 Å². The van der Waals surface area contributed by atoms with Crippen LogP contribution in [-0.4, -0.2) is 35.2 Å². The van der Waals surface area contributed by atoms with Gasteiger partial charge in [-0.25, -0.2) is 15.0 Å². The fourth-order valence-corrected chi connectivity index (χ4v) is 4.29. The number of nitrogens with zero attached hydrogens (tertiary/aromatic N) is 3. The van der Waals surface area contributed by atoms with Crippen molar-refractivity contribution in [1.82, 2.24) is 15.0 Å². The van der Waals surface area contributed by atoms with E-state index in [1.165, 1.54) is 0 Å². The third-order valence-corrected chi connectivity index (χ3v) is 6.16. The first-order chi connectivity index (χ1) is 14.5. The maximum absolute atomic E-state index is 5.99. The molecule has 0 atom stereocenters. The molecule has 4 rings (SSSR count). The molecule has 2 aromatic carbocycles. The average molecular weight is 496 g/mol. The number of halogens is 3. The maximum atomic E-state index is 5.99. The topological polar surface area (TPSA) is 64.3 Å². The Hall–Kier alpha value is -1.89. The Kier molecular flexibility index (Phi) is 9.74. The molecule has 3 aromatic rings. The zero-order chi connectivity index (χ0) is 21.1. The van der Waals surface area contributed by atoms with Crippen molar-refractivity contribution in [3.05, 3.63) is 64.6 Å². The van der Waals surface area contributed by atoms with Gasteiger partial charge in [0.1, 0.15) is 5.75 Å². The Balaban J connectivity index is 0.00000181. The lowest BCUT2D eigenvalue weighted by Crippen LogP contribution is -2.39. The molecule has 1 heterocycles. The van der Waals surface area contributed by atoms with E-state index in [1.54, 1.807) is 7.11 Å². The fourth-order valence-electron chi connectivity index (χ4n) is 4.16. The molecule has 0 radical (unpaired) electrons. The molecule has 1 saturated carbocycles. The van der Waals surface area contributed by atoms with Gasteiger partial charge in [-0.1, -0.05) is 29.8 Å². The lowest BCUT2D eigenvalue weighted by atomic mass is 9.82. The van der Waals surface area contributed by atoms with Crippen molar-refractivity contribution in [3.8, 4) is 5.75 Å². The highest BCUT2D eigenvalue weighted by Crippen LogP contribution is 2.37. The quantitative estimate of drug-likeness (QED) is 0.340. The second-order valence-electron chi connectivity index (χ2n) is 7.91. The minimum atomic E-state index is 0. The minimum Gasteiger partial charge on any atom is -0.497 e. The molecule has 1 aliphatic rings. The molecule has 1 aromatic heterocycles. The number of hydrogen-bond acceptors (Lipinski definition) is 5. The second kappa shape index (κ2) is 11.8. The lowest BCUT2D eigenvalue weighted by Gasteiger charge is -2.32. The van der Waals surface area contributed by atoms with E-state index in [4.69, 9.17) is 32.1 Å². The lowest BCUT2D eigenvalue weighted by molar-refractivity contribution is 0.185. The summed E-state index contributed by atoms with van der Waals surface area (Å²) in [4.78, 5) is 9.75. The molecule has 1 fully saturated rings. The number of nitrogens with two attached hydrogens (primary N) is 1. The molecule has 0 unspecified atom stereocenters. The first-order valence-electron chi connectivity index (χ1n) is 10.3. The van der Waals surface area contributed by atoms with Gasteiger partial charge in [0.15, 0.2) is 5.82 Å². The number of aromatic nitrogens is 2. The molecule has 0 aliphatic heterocycles. The van der Waals surface area contributed by atoms with Crippen LogP contribution in [0.5, 0.6) is 5.75 Å². The van der Waals surface area contributed by atoms with Crippen molar-refractivity contribution < 1.29 is 4.74 Å². The summed E-state index contributed by atoms with van der Waals surface area (Å²) < 4.78 is 5.45.